The Labute approximate surface area is 81.9 Å². The average Bonchev–Trinajstić information content (AvgIpc) is 2.20. The summed E-state index contributed by atoms with van der Waals surface area (Å²) in [5, 5.41) is 8.49. The van der Waals surface area contributed by atoms with Crippen LogP contribution >= 0.6 is 0 Å². The highest BCUT2D eigenvalue weighted by molar-refractivity contribution is 5.36. The third kappa shape index (κ3) is 2.24. The first-order valence-electron chi connectivity index (χ1n) is 4.00. The minimum Gasteiger partial charge on any atom is -0.475 e. The molecule has 0 bridgehead atoms. The molecule has 1 unspecified atom stereocenters. The molecular formula is C11H8FNO. The summed E-state index contributed by atoms with van der Waals surface area (Å²) >= 11 is 0. The molecule has 3 heteroatoms. The average molecular weight is 189 g/mol. The highest BCUT2D eigenvalue weighted by atomic mass is 19.1. The van der Waals surface area contributed by atoms with E-state index in [1.807, 2.05) is 6.07 Å². The van der Waals surface area contributed by atoms with Crippen molar-refractivity contribution in [2.75, 3.05) is 0 Å². The van der Waals surface area contributed by atoms with Crippen LogP contribution in [0.1, 0.15) is 12.5 Å². The molecule has 1 aromatic carbocycles. The van der Waals surface area contributed by atoms with E-state index < -0.39 is 11.9 Å². The van der Waals surface area contributed by atoms with Gasteiger partial charge in [0.15, 0.2) is 17.7 Å². The van der Waals surface area contributed by atoms with Gasteiger partial charge in [0.1, 0.15) is 0 Å². The van der Waals surface area contributed by atoms with E-state index in [-0.39, 0.29) is 11.3 Å². The fourth-order valence-corrected chi connectivity index (χ4v) is 0.890. The van der Waals surface area contributed by atoms with Crippen molar-refractivity contribution in [3.8, 4) is 24.2 Å². The largest absolute Gasteiger partial charge is 0.475 e. The van der Waals surface area contributed by atoms with Crippen LogP contribution in [0.4, 0.5) is 4.39 Å². The zero-order chi connectivity index (χ0) is 10.6. The molecule has 0 aliphatic carbocycles. The van der Waals surface area contributed by atoms with Gasteiger partial charge in [0.25, 0.3) is 0 Å². The molecule has 0 heterocycles. The molecule has 1 atom stereocenters. The van der Waals surface area contributed by atoms with Crippen molar-refractivity contribution in [3.63, 3.8) is 0 Å². The summed E-state index contributed by atoms with van der Waals surface area (Å²) in [6, 6.07) is 5.80. The van der Waals surface area contributed by atoms with Crippen molar-refractivity contribution in [2.45, 2.75) is 13.0 Å². The van der Waals surface area contributed by atoms with Gasteiger partial charge < -0.3 is 4.74 Å². The molecule has 1 aromatic rings. The molecule has 1 rings (SSSR count). The molecule has 0 aromatic heterocycles. The summed E-state index contributed by atoms with van der Waals surface area (Å²) in [7, 11) is 0. The Kier molecular flexibility index (Phi) is 3.09. The van der Waals surface area contributed by atoms with E-state index in [9.17, 15) is 4.39 Å². The predicted octanol–water partition coefficient (Wildman–Crippen LogP) is 2.10. The van der Waals surface area contributed by atoms with E-state index in [0.29, 0.717) is 0 Å². The number of halogens is 1. The number of nitrogens with zero attached hydrogens (tertiary/aromatic N) is 1. The maximum absolute atomic E-state index is 13.2. The van der Waals surface area contributed by atoms with Gasteiger partial charge in [0.2, 0.25) is 0 Å². The van der Waals surface area contributed by atoms with Crippen molar-refractivity contribution in [3.05, 3.63) is 29.6 Å². The van der Waals surface area contributed by atoms with Gasteiger partial charge in [0, 0.05) is 0 Å². The quantitative estimate of drug-likeness (QED) is 0.667. The number of terminal acetylenes is 1. The highest BCUT2D eigenvalue weighted by Gasteiger charge is 2.06. The van der Waals surface area contributed by atoms with Gasteiger partial charge in [-0.3, -0.25) is 0 Å². The van der Waals surface area contributed by atoms with Crippen molar-refractivity contribution in [1.82, 2.24) is 0 Å². The summed E-state index contributed by atoms with van der Waals surface area (Å²) in [5.74, 6) is 1.80. The van der Waals surface area contributed by atoms with Crippen LogP contribution < -0.4 is 4.74 Å². The zero-order valence-electron chi connectivity index (χ0n) is 7.62. The van der Waals surface area contributed by atoms with Crippen LogP contribution in [0, 0.1) is 29.5 Å². The maximum Gasteiger partial charge on any atom is 0.166 e. The molecule has 0 radical (unpaired) electrons. The molecule has 2 nitrogen and oxygen atoms in total. The normalized spacial score (nSPS) is 11.1. The fraction of sp³-hybridized carbons (Fsp3) is 0.182. The van der Waals surface area contributed by atoms with Crippen molar-refractivity contribution < 1.29 is 9.13 Å². The first kappa shape index (κ1) is 10.1. The molecule has 70 valence electrons. The second-order valence-electron chi connectivity index (χ2n) is 2.68. The van der Waals surface area contributed by atoms with Crippen molar-refractivity contribution >= 4 is 0 Å². The van der Waals surface area contributed by atoms with E-state index in [1.165, 1.54) is 12.1 Å². The summed E-state index contributed by atoms with van der Waals surface area (Å²) in [6.45, 7) is 1.64. The van der Waals surface area contributed by atoms with Gasteiger partial charge in [-0.25, -0.2) is 4.39 Å². The Bertz CT molecular complexity index is 414. The van der Waals surface area contributed by atoms with Gasteiger partial charge in [-0.15, -0.1) is 6.42 Å². The zero-order valence-corrected chi connectivity index (χ0v) is 7.62. The van der Waals surface area contributed by atoms with Crippen LogP contribution in [-0.2, 0) is 0 Å². The summed E-state index contributed by atoms with van der Waals surface area (Å²) < 4.78 is 18.3. The van der Waals surface area contributed by atoms with Gasteiger partial charge in [-0.2, -0.15) is 5.26 Å². The number of nitriles is 1. The Balaban J connectivity index is 2.92. The smallest absolute Gasteiger partial charge is 0.166 e. The summed E-state index contributed by atoms with van der Waals surface area (Å²) in [4.78, 5) is 0. The van der Waals surface area contributed by atoms with Gasteiger partial charge in [-0.1, -0.05) is 5.92 Å². The third-order valence-corrected chi connectivity index (χ3v) is 1.60. The van der Waals surface area contributed by atoms with E-state index in [0.717, 1.165) is 6.07 Å². The van der Waals surface area contributed by atoms with E-state index >= 15 is 0 Å². The second kappa shape index (κ2) is 4.30. The van der Waals surface area contributed by atoms with Crippen LogP contribution in [0.25, 0.3) is 0 Å². The maximum atomic E-state index is 13.2. The molecule has 0 amide bonds. The summed E-state index contributed by atoms with van der Waals surface area (Å²) in [5.41, 5.74) is 0.253. The van der Waals surface area contributed by atoms with Crippen LogP contribution in [0.2, 0.25) is 0 Å². The molecule has 0 aliphatic heterocycles. The highest BCUT2D eigenvalue weighted by Crippen LogP contribution is 2.18. The van der Waals surface area contributed by atoms with Crippen LogP contribution in [0.5, 0.6) is 5.75 Å². The van der Waals surface area contributed by atoms with Crippen LogP contribution in [-0.4, -0.2) is 6.10 Å². The molecule has 0 fully saturated rings. The standard InChI is InChI=1S/C11H8FNO/c1-3-8(2)14-11-5-4-9(7-13)6-10(11)12/h1,4-6,8H,2H3. The second-order valence-corrected chi connectivity index (χ2v) is 2.68. The number of ether oxygens (including phenoxy) is 1. The lowest BCUT2D eigenvalue weighted by Crippen LogP contribution is -2.09. The first-order valence-corrected chi connectivity index (χ1v) is 4.00. The minimum absolute atomic E-state index is 0.0643. The Morgan fingerprint density at radius 1 is 1.57 bits per heavy atom. The molecule has 0 N–H and O–H groups in total. The lowest BCUT2D eigenvalue weighted by atomic mass is 10.2. The lowest BCUT2D eigenvalue weighted by Gasteiger charge is -2.09. The predicted molar refractivity (Wildman–Crippen MR) is 50.0 cm³/mol. The Morgan fingerprint density at radius 2 is 2.29 bits per heavy atom. The van der Waals surface area contributed by atoms with Gasteiger partial charge in [-0.05, 0) is 25.1 Å². The van der Waals surface area contributed by atoms with E-state index in [1.54, 1.807) is 6.92 Å². The number of benzene rings is 1. The van der Waals surface area contributed by atoms with E-state index in [2.05, 4.69) is 5.92 Å². The number of hydrogen-bond donors (Lipinski definition) is 0. The molecule has 0 aliphatic rings. The van der Waals surface area contributed by atoms with Gasteiger partial charge >= 0.3 is 0 Å². The minimum atomic E-state index is -0.578. The van der Waals surface area contributed by atoms with Crippen molar-refractivity contribution in [2.24, 2.45) is 0 Å². The molecule has 0 spiro atoms. The van der Waals surface area contributed by atoms with E-state index in [4.69, 9.17) is 16.4 Å². The van der Waals surface area contributed by atoms with Crippen LogP contribution in [0.3, 0.4) is 0 Å². The third-order valence-electron chi connectivity index (χ3n) is 1.60. The van der Waals surface area contributed by atoms with Gasteiger partial charge in [0.05, 0.1) is 11.6 Å². The Morgan fingerprint density at radius 3 is 2.79 bits per heavy atom. The number of hydrogen-bond acceptors (Lipinski definition) is 2. The van der Waals surface area contributed by atoms with Crippen molar-refractivity contribution in [1.29, 1.82) is 5.26 Å². The molecule has 0 saturated heterocycles. The SMILES string of the molecule is C#CC(C)Oc1ccc(C#N)cc1F. The van der Waals surface area contributed by atoms with Crippen LogP contribution in [0.15, 0.2) is 18.2 Å². The lowest BCUT2D eigenvalue weighted by molar-refractivity contribution is 0.265. The molecular weight excluding hydrogens is 181 g/mol. The molecule has 0 saturated carbocycles. The topological polar surface area (TPSA) is 33.0 Å². The Hall–Kier alpha value is -2.00. The summed E-state index contributed by atoms with van der Waals surface area (Å²) in [6.07, 6.45) is 4.59. The molecule has 14 heavy (non-hydrogen) atoms. The number of rotatable bonds is 2. The monoisotopic (exact) mass is 189 g/mol. The first-order chi connectivity index (χ1) is 6.67. The fourth-order valence-electron chi connectivity index (χ4n) is 0.890.